The van der Waals surface area contributed by atoms with Crippen molar-refractivity contribution in [3.05, 3.63) is 54.0 Å². The number of rotatable bonds is 6. The lowest BCUT2D eigenvalue weighted by Gasteiger charge is -2.27. The fourth-order valence-electron chi connectivity index (χ4n) is 4.44. The second-order valence-corrected chi connectivity index (χ2v) is 8.46. The van der Waals surface area contributed by atoms with Crippen LogP contribution >= 0.6 is 0 Å². The number of likely N-dealkylation sites (tertiary alicyclic amines) is 1. The molecule has 2 aromatic heterocycles. The van der Waals surface area contributed by atoms with Crippen LogP contribution in [0, 0.1) is 0 Å². The van der Waals surface area contributed by atoms with Gasteiger partial charge < -0.3 is 19.5 Å². The minimum atomic E-state index is -0.0687. The maximum Gasteiger partial charge on any atom is 0.244 e. The van der Waals surface area contributed by atoms with Crippen molar-refractivity contribution >= 4 is 17.4 Å². The van der Waals surface area contributed by atoms with Gasteiger partial charge in [-0.05, 0) is 49.2 Å². The zero-order valence-electron chi connectivity index (χ0n) is 18.7. The van der Waals surface area contributed by atoms with Crippen LogP contribution in [0.2, 0.25) is 0 Å². The SMILES string of the molecule is CC(=O)Nc1ccc(CN2CCC[C@H]2c2nc(-c3ccnc(N4CCOCC4)c3)no2)cc1. The number of amides is 1. The van der Waals surface area contributed by atoms with Crippen molar-refractivity contribution < 1.29 is 14.1 Å². The molecule has 2 aliphatic rings. The van der Waals surface area contributed by atoms with E-state index < -0.39 is 0 Å². The summed E-state index contributed by atoms with van der Waals surface area (Å²) in [5.74, 6) is 2.09. The lowest BCUT2D eigenvalue weighted by Crippen LogP contribution is -2.36. The molecule has 1 atom stereocenters. The monoisotopic (exact) mass is 448 g/mol. The van der Waals surface area contributed by atoms with E-state index in [1.165, 1.54) is 12.5 Å². The zero-order valence-corrected chi connectivity index (χ0v) is 18.7. The number of morpholine rings is 1. The number of pyridine rings is 1. The molecule has 2 aliphatic heterocycles. The van der Waals surface area contributed by atoms with Crippen molar-refractivity contribution in [3.8, 4) is 11.4 Å². The third-order valence-electron chi connectivity index (χ3n) is 6.09. The molecule has 1 N–H and O–H groups in total. The van der Waals surface area contributed by atoms with Gasteiger partial charge in [0, 0.05) is 44.0 Å². The molecule has 0 radical (unpaired) electrons. The second-order valence-electron chi connectivity index (χ2n) is 8.46. The van der Waals surface area contributed by atoms with E-state index in [-0.39, 0.29) is 11.9 Å². The van der Waals surface area contributed by atoms with E-state index in [9.17, 15) is 4.79 Å². The zero-order chi connectivity index (χ0) is 22.6. The largest absolute Gasteiger partial charge is 0.378 e. The fraction of sp³-hybridized carbons (Fsp3) is 0.417. The number of aromatic nitrogens is 3. The van der Waals surface area contributed by atoms with Crippen LogP contribution in [0.5, 0.6) is 0 Å². The van der Waals surface area contributed by atoms with Gasteiger partial charge in [0.15, 0.2) is 0 Å². The van der Waals surface area contributed by atoms with Gasteiger partial charge in [-0.15, -0.1) is 0 Å². The minimum absolute atomic E-state index is 0.0687. The van der Waals surface area contributed by atoms with E-state index >= 15 is 0 Å². The van der Waals surface area contributed by atoms with Crippen LogP contribution in [0.25, 0.3) is 11.4 Å². The Morgan fingerprint density at radius 3 is 2.76 bits per heavy atom. The number of nitrogens with one attached hydrogen (secondary N) is 1. The summed E-state index contributed by atoms with van der Waals surface area (Å²) in [5.41, 5.74) is 2.89. The molecule has 0 bridgehead atoms. The van der Waals surface area contributed by atoms with Gasteiger partial charge in [0.2, 0.25) is 17.6 Å². The second kappa shape index (κ2) is 9.68. The molecule has 0 saturated carbocycles. The molecular formula is C24H28N6O3. The number of benzene rings is 1. The van der Waals surface area contributed by atoms with Gasteiger partial charge in [-0.1, -0.05) is 17.3 Å². The first kappa shape index (κ1) is 21.5. The molecule has 9 nitrogen and oxygen atoms in total. The Hall–Kier alpha value is -3.30. The topological polar surface area (TPSA) is 96.6 Å². The predicted molar refractivity (Wildman–Crippen MR) is 124 cm³/mol. The Morgan fingerprint density at radius 2 is 1.97 bits per heavy atom. The smallest absolute Gasteiger partial charge is 0.244 e. The van der Waals surface area contributed by atoms with Crippen LogP contribution in [-0.4, -0.2) is 58.8 Å². The number of nitrogens with zero attached hydrogens (tertiary/aromatic N) is 5. The van der Waals surface area contributed by atoms with Crippen LogP contribution in [0.1, 0.15) is 37.3 Å². The number of hydrogen-bond acceptors (Lipinski definition) is 8. The van der Waals surface area contributed by atoms with E-state index in [1.54, 1.807) is 6.20 Å². The summed E-state index contributed by atoms with van der Waals surface area (Å²) in [6, 6.07) is 12.0. The normalized spacial score (nSPS) is 19.1. The Morgan fingerprint density at radius 1 is 1.15 bits per heavy atom. The van der Waals surface area contributed by atoms with Gasteiger partial charge in [-0.3, -0.25) is 9.69 Å². The predicted octanol–water partition coefficient (Wildman–Crippen LogP) is 3.26. The molecule has 33 heavy (non-hydrogen) atoms. The maximum absolute atomic E-state index is 11.2. The Labute approximate surface area is 192 Å². The van der Waals surface area contributed by atoms with Gasteiger partial charge in [-0.2, -0.15) is 4.98 Å². The van der Waals surface area contributed by atoms with Gasteiger partial charge in [0.25, 0.3) is 0 Å². The molecule has 4 heterocycles. The van der Waals surface area contributed by atoms with Gasteiger partial charge in [0.05, 0.1) is 19.3 Å². The van der Waals surface area contributed by atoms with Crippen LogP contribution in [0.4, 0.5) is 11.5 Å². The van der Waals surface area contributed by atoms with Crippen LogP contribution in [0.15, 0.2) is 47.1 Å². The number of hydrogen-bond donors (Lipinski definition) is 1. The average molecular weight is 449 g/mol. The van der Waals surface area contributed by atoms with E-state index in [4.69, 9.17) is 14.2 Å². The molecule has 5 rings (SSSR count). The maximum atomic E-state index is 11.2. The van der Waals surface area contributed by atoms with Crippen molar-refractivity contribution in [3.63, 3.8) is 0 Å². The highest BCUT2D eigenvalue weighted by molar-refractivity contribution is 5.88. The minimum Gasteiger partial charge on any atom is -0.378 e. The highest BCUT2D eigenvalue weighted by Crippen LogP contribution is 2.33. The highest BCUT2D eigenvalue weighted by atomic mass is 16.5. The molecule has 1 aromatic carbocycles. The van der Waals surface area contributed by atoms with Crippen LogP contribution < -0.4 is 10.2 Å². The Bertz CT molecular complexity index is 1090. The van der Waals surface area contributed by atoms with E-state index in [0.29, 0.717) is 24.9 Å². The average Bonchev–Trinajstić information content (AvgIpc) is 3.50. The van der Waals surface area contributed by atoms with E-state index in [2.05, 4.69) is 25.3 Å². The molecule has 2 fully saturated rings. The first-order valence-corrected chi connectivity index (χ1v) is 11.4. The standard InChI is InChI=1S/C24H28N6O3/c1-17(31)26-20-6-4-18(5-7-20)16-30-10-2-3-21(30)24-27-23(28-33-24)19-8-9-25-22(15-19)29-11-13-32-14-12-29/h4-9,15,21H,2-3,10-14,16H2,1H3,(H,26,31)/t21-/m0/s1. The molecule has 9 heteroatoms. The van der Waals surface area contributed by atoms with Gasteiger partial charge >= 0.3 is 0 Å². The summed E-state index contributed by atoms with van der Waals surface area (Å²) in [7, 11) is 0. The van der Waals surface area contributed by atoms with Crippen molar-refractivity contribution in [2.24, 2.45) is 0 Å². The van der Waals surface area contributed by atoms with Crippen LogP contribution in [0.3, 0.4) is 0 Å². The number of carbonyl (C=O) groups excluding carboxylic acids is 1. The fourth-order valence-corrected chi connectivity index (χ4v) is 4.44. The summed E-state index contributed by atoms with van der Waals surface area (Å²) in [4.78, 5) is 25.1. The summed E-state index contributed by atoms with van der Waals surface area (Å²) >= 11 is 0. The van der Waals surface area contributed by atoms with E-state index in [1.807, 2.05) is 36.4 Å². The molecule has 0 spiro atoms. The molecule has 172 valence electrons. The number of anilines is 2. The van der Waals surface area contributed by atoms with Crippen molar-refractivity contribution in [2.75, 3.05) is 43.1 Å². The summed E-state index contributed by atoms with van der Waals surface area (Å²) in [6.45, 7) is 6.37. The Kier molecular flexibility index (Phi) is 6.32. The first-order valence-electron chi connectivity index (χ1n) is 11.4. The summed E-state index contributed by atoms with van der Waals surface area (Å²) < 4.78 is 11.2. The van der Waals surface area contributed by atoms with Crippen molar-refractivity contribution in [1.82, 2.24) is 20.0 Å². The number of carbonyl (C=O) groups is 1. The quantitative estimate of drug-likeness (QED) is 0.614. The van der Waals surface area contributed by atoms with Gasteiger partial charge in [-0.25, -0.2) is 4.98 Å². The third-order valence-corrected chi connectivity index (χ3v) is 6.09. The van der Waals surface area contributed by atoms with Gasteiger partial charge in [0.1, 0.15) is 5.82 Å². The molecular weight excluding hydrogens is 420 g/mol. The molecule has 0 unspecified atom stereocenters. The van der Waals surface area contributed by atoms with E-state index in [0.717, 1.165) is 56.1 Å². The number of ether oxygens (including phenoxy) is 1. The molecule has 0 aliphatic carbocycles. The van der Waals surface area contributed by atoms with Crippen molar-refractivity contribution in [1.29, 1.82) is 0 Å². The Balaban J connectivity index is 1.28. The highest BCUT2D eigenvalue weighted by Gasteiger charge is 2.31. The lowest BCUT2D eigenvalue weighted by atomic mass is 10.1. The summed E-state index contributed by atoms with van der Waals surface area (Å²) in [6.07, 6.45) is 3.87. The first-order chi connectivity index (χ1) is 16.2. The van der Waals surface area contributed by atoms with Crippen molar-refractivity contribution in [2.45, 2.75) is 32.4 Å². The molecule has 2 saturated heterocycles. The summed E-state index contributed by atoms with van der Waals surface area (Å²) in [5, 5.41) is 7.08. The third kappa shape index (κ3) is 5.04. The molecule has 1 amide bonds. The molecule has 3 aromatic rings. The lowest BCUT2D eigenvalue weighted by molar-refractivity contribution is -0.114. The van der Waals surface area contributed by atoms with Crippen LogP contribution in [-0.2, 0) is 16.1 Å².